The molecule has 0 aromatic heterocycles. The third-order valence-corrected chi connectivity index (χ3v) is 9.95. The first-order valence-electron chi connectivity index (χ1n) is 16.4. The Morgan fingerprint density at radius 3 is 1.66 bits per heavy atom. The molecule has 3 aliphatic rings. The zero-order valence-corrected chi connectivity index (χ0v) is 29.0. The standard InChI is InChI=1S/C37H42O13/c1-20-18-27(45-22(3)39)30(46-23(4)40)36(19-44-21(2)38)32(49-34(43)26-16-12-9-13-17-26)29(48-33(42)25-14-10-8-11-15-25)28-31(47-24(5)41)37(20,36)50-35(28,6)7/h8-17,20,27-32H,18-19H2,1-7H3/t20-,27+,28-,29-,30+,31-,32+,36+,37-/m1/s1. The second kappa shape index (κ2) is 13.9. The zero-order valence-electron chi connectivity index (χ0n) is 29.0. The predicted molar refractivity (Wildman–Crippen MR) is 172 cm³/mol. The SMILES string of the molecule is CC(=O)OC[C@]12[C@@H](OC(=O)c3ccccc3)[C@H](OC(=O)c3ccccc3)[C@@H]3[C@@H](OC(C)=O)[C@]1(OC3(C)C)[C@H](C)C[C@H](OC(C)=O)[C@@H]2OC(C)=O. The molecule has 2 aromatic rings. The van der Waals surface area contributed by atoms with E-state index in [1.54, 1.807) is 57.2 Å². The van der Waals surface area contributed by atoms with Crippen molar-refractivity contribution in [2.75, 3.05) is 6.61 Å². The molecule has 268 valence electrons. The van der Waals surface area contributed by atoms with Crippen LogP contribution in [0.3, 0.4) is 0 Å². The maximum Gasteiger partial charge on any atom is 0.338 e. The van der Waals surface area contributed by atoms with Crippen molar-refractivity contribution >= 4 is 35.8 Å². The van der Waals surface area contributed by atoms with Crippen LogP contribution in [-0.4, -0.2) is 84.1 Å². The summed E-state index contributed by atoms with van der Waals surface area (Å²) in [6.45, 7) is 9.24. The van der Waals surface area contributed by atoms with E-state index in [2.05, 4.69) is 0 Å². The van der Waals surface area contributed by atoms with Gasteiger partial charge < -0.3 is 33.2 Å². The van der Waals surface area contributed by atoms with Crippen LogP contribution in [0.2, 0.25) is 0 Å². The van der Waals surface area contributed by atoms with Gasteiger partial charge in [0.15, 0.2) is 12.2 Å². The van der Waals surface area contributed by atoms with E-state index >= 15 is 0 Å². The lowest BCUT2D eigenvalue weighted by Crippen LogP contribution is -2.81. The average molecular weight is 695 g/mol. The predicted octanol–water partition coefficient (Wildman–Crippen LogP) is 4.00. The Bertz CT molecular complexity index is 1640. The number of carbonyl (C=O) groups excluding carboxylic acids is 6. The minimum absolute atomic E-state index is 0.0355. The molecule has 13 heteroatoms. The molecule has 50 heavy (non-hydrogen) atoms. The van der Waals surface area contributed by atoms with Crippen LogP contribution in [0, 0.1) is 17.3 Å². The highest BCUT2D eigenvalue weighted by Crippen LogP contribution is 2.68. The van der Waals surface area contributed by atoms with Gasteiger partial charge in [0.05, 0.1) is 22.6 Å². The van der Waals surface area contributed by atoms with Gasteiger partial charge in [0.1, 0.15) is 35.9 Å². The van der Waals surface area contributed by atoms with E-state index in [0.717, 1.165) is 13.8 Å². The van der Waals surface area contributed by atoms with E-state index < -0.39 is 101 Å². The van der Waals surface area contributed by atoms with Gasteiger partial charge in [0.2, 0.25) is 0 Å². The molecule has 1 saturated heterocycles. The van der Waals surface area contributed by atoms with Crippen molar-refractivity contribution in [3.05, 3.63) is 71.8 Å². The molecule has 2 aromatic carbocycles. The van der Waals surface area contributed by atoms with Crippen molar-refractivity contribution in [1.29, 1.82) is 0 Å². The number of esters is 6. The van der Waals surface area contributed by atoms with Crippen LogP contribution in [0.15, 0.2) is 60.7 Å². The van der Waals surface area contributed by atoms with Crippen molar-refractivity contribution in [3.63, 3.8) is 0 Å². The van der Waals surface area contributed by atoms with Crippen LogP contribution in [0.25, 0.3) is 0 Å². The van der Waals surface area contributed by atoms with E-state index in [4.69, 9.17) is 33.2 Å². The van der Waals surface area contributed by atoms with Crippen LogP contribution in [0.5, 0.6) is 0 Å². The fourth-order valence-corrected chi connectivity index (χ4v) is 8.38. The summed E-state index contributed by atoms with van der Waals surface area (Å²) in [5, 5.41) is 0. The summed E-state index contributed by atoms with van der Waals surface area (Å²) < 4.78 is 43.4. The van der Waals surface area contributed by atoms with Gasteiger partial charge in [-0.05, 0) is 50.5 Å². The Balaban J connectivity index is 1.87. The molecule has 5 rings (SSSR count). The lowest BCUT2D eigenvalue weighted by atomic mass is 9.47. The smallest absolute Gasteiger partial charge is 0.338 e. The molecule has 13 nitrogen and oxygen atoms in total. The molecule has 2 bridgehead atoms. The topological polar surface area (TPSA) is 167 Å². The lowest BCUT2D eigenvalue weighted by molar-refractivity contribution is -0.328. The molecule has 2 aliphatic carbocycles. The maximum atomic E-state index is 14.1. The molecular weight excluding hydrogens is 652 g/mol. The van der Waals surface area contributed by atoms with E-state index in [1.165, 1.54) is 38.1 Å². The zero-order chi connectivity index (χ0) is 36.6. The first kappa shape index (κ1) is 36.5. The van der Waals surface area contributed by atoms with Gasteiger partial charge in [-0.25, -0.2) is 9.59 Å². The van der Waals surface area contributed by atoms with E-state index in [-0.39, 0.29) is 17.5 Å². The quantitative estimate of drug-likeness (QED) is 0.273. The largest absolute Gasteiger partial charge is 0.465 e. The summed E-state index contributed by atoms with van der Waals surface area (Å²) in [5.41, 5.74) is -4.73. The molecule has 0 radical (unpaired) electrons. The van der Waals surface area contributed by atoms with Gasteiger partial charge in [-0.3, -0.25) is 19.2 Å². The van der Waals surface area contributed by atoms with E-state index in [9.17, 15) is 28.8 Å². The van der Waals surface area contributed by atoms with Crippen LogP contribution < -0.4 is 0 Å². The number of benzene rings is 2. The Morgan fingerprint density at radius 1 is 0.660 bits per heavy atom. The molecule has 9 atom stereocenters. The van der Waals surface area contributed by atoms with Gasteiger partial charge in [-0.2, -0.15) is 0 Å². The number of fused-ring (bicyclic) bond motifs is 1. The first-order chi connectivity index (χ1) is 23.5. The highest BCUT2D eigenvalue weighted by atomic mass is 16.6. The summed E-state index contributed by atoms with van der Waals surface area (Å²) in [4.78, 5) is 79.2. The highest BCUT2D eigenvalue weighted by molar-refractivity contribution is 5.90. The summed E-state index contributed by atoms with van der Waals surface area (Å²) in [7, 11) is 0. The summed E-state index contributed by atoms with van der Waals surface area (Å²) >= 11 is 0. The van der Waals surface area contributed by atoms with Crippen molar-refractivity contribution in [2.24, 2.45) is 17.3 Å². The minimum atomic E-state index is -2.02. The summed E-state index contributed by atoms with van der Waals surface area (Å²) in [6, 6.07) is 16.1. The third-order valence-electron chi connectivity index (χ3n) is 9.95. The minimum Gasteiger partial charge on any atom is -0.465 e. The number of hydrogen-bond donors (Lipinski definition) is 0. The third kappa shape index (κ3) is 6.34. The molecular formula is C37H42O13. The molecule has 0 N–H and O–H groups in total. The first-order valence-corrected chi connectivity index (χ1v) is 16.4. The van der Waals surface area contributed by atoms with E-state index in [1.807, 2.05) is 0 Å². The maximum absolute atomic E-state index is 14.1. The average Bonchev–Trinajstić information content (AvgIpc) is 3.24. The number of hydrogen-bond acceptors (Lipinski definition) is 13. The second-order valence-corrected chi connectivity index (χ2v) is 13.6. The fraction of sp³-hybridized carbons (Fsp3) is 0.514. The number of rotatable bonds is 9. The van der Waals surface area contributed by atoms with Crippen molar-refractivity contribution in [2.45, 2.75) is 96.6 Å². The molecule has 1 aliphatic heterocycles. The van der Waals surface area contributed by atoms with Crippen LogP contribution >= 0.6 is 0 Å². The van der Waals surface area contributed by atoms with Crippen molar-refractivity contribution < 1.29 is 61.9 Å². The Labute approximate surface area is 289 Å². The molecule has 0 unspecified atom stereocenters. The van der Waals surface area contributed by atoms with E-state index in [0.29, 0.717) is 0 Å². The fourth-order valence-electron chi connectivity index (χ4n) is 8.38. The monoisotopic (exact) mass is 694 g/mol. The van der Waals surface area contributed by atoms with Crippen LogP contribution in [0.4, 0.5) is 0 Å². The summed E-state index contributed by atoms with van der Waals surface area (Å²) in [5.74, 6) is -6.31. The molecule has 0 amide bonds. The van der Waals surface area contributed by atoms with Crippen LogP contribution in [-0.2, 0) is 52.3 Å². The van der Waals surface area contributed by atoms with Crippen molar-refractivity contribution in [1.82, 2.24) is 0 Å². The Hall–Kier alpha value is -4.78. The normalized spacial score (nSPS) is 32.0. The number of ether oxygens (including phenoxy) is 7. The summed E-state index contributed by atoms with van der Waals surface area (Å²) in [6.07, 6.45) is -7.02. The molecule has 1 heterocycles. The second-order valence-electron chi connectivity index (χ2n) is 13.6. The molecule has 1 spiro atoms. The number of carbonyl (C=O) groups is 6. The van der Waals surface area contributed by atoms with Gasteiger partial charge in [-0.1, -0.05) is 43.3 Å². The Kier molecular flexibility index (Phi) is 10.1. The van der Waals surface area contributed by atoms with Crippen molar-refractivity contribution in [3.8, 4) is 0 Å². The molecule has 2 saturated carbocycles. The van der Waals surface area contributed by atoms with Gasteiger partial charge in [0, 0.05) is 27.7 Å². The lowest BCUT2D eigenvalue weighted by Gasteiger charge is -2.64. The van der Waals surface area contributed by atoms with Gasteiger partial charge >= 0.3 is 35.8 Å². The van der Waals surface area contributed by atoms with Gasteiger partial charge in [0.25, 0.3) is 0 Å². The van der Waals surface area contributed by atoms with Crippen LogP contribution in [0.1, 0.15) is 75.6 Å². The van der Waals surface area contributed by atoms with Gasteiger partial charge in [-0.15, -0.1) is 0 Å². The Morgan fingerprint density at radius 2 is 1.16 bits per heavy atom. The molecule has 3 fully saturated rings. The highest BCUT2D eigenvalue weighted by Gasteiger charge is 2.85.